The number of nitrogens with one attached hydrogen (secondary N) is 2. The molecule has 0 spiro atoms. The standard InChI is InChI=1S/C22H32N2O2/c25-21(13-7-12-17-8-3-1-4-9-17)24-20(22(26)23-19-14-15-19)16-18-10-5-2-6-11-18/h2,5-6,10-11,17,19-20H,1,3-4,7-9,12-16H2,(H,23,26)(H,24,25). The molecule has 2 aliphatic carbocycles. The Morgan fingerprint density at radius 3 is 2.42 bits per heavy atom. The molecule has 26 heavy (non-hydrogen) atoms. The van der Waals surface area contributed by atoms with Crippen molar-refractivity contribution in [1.29, 1.82) is 0 Å². The summed E-state index contributed by atoms with van der Waals surface area (Å²) in [5.41, 5.74) is 1.07. The fourth-order valence-electron chi connectivity index (χ4n) is 3.88. The zero-order valence-corrected chi connectivity index (χ0v) is 15.7. The quantitative estimate of drug-likeness (QED) is 0.708. The van der Waals surface area contributed by atoms with Gasteiger partial charge in [0.25, 0.3) is 0 Å². The minimum atomic E-state index is -0.472. The first kappa shape index (κ1) is 18.9. The molecule has 4 nitrogen and oxygen atoms in total. The van der Waals surface area contributed by atoms with E-state index < -0.39 is 6.04 Å². The van der Waals surface area contributed by atoms with Crippen molar-refractivity contribution in [2.45, 2.75) is 82.7 Å². The van der Waals surface area contributed by atoms with E-state index in [0.29, 0.717) is 18.9 Å². The first-order chi connectivity index (χ1) is 12.7. The van der Waals surface area contributed by atoms with Crippen LogP contribution < -0.4 is 10.6 Å². The van der Waals surface area contributed by atoms with Crippen molar-refractivity contribution >= 4 is 11.8 Å². The van der Waals surface area contributed by atoms with Crippen LogP contribution >= 0.6 is 0 Å². The van der Waals surface area contributed by atoms with Crippen molar-refractivity contribution in [1.82, 2.24) is 10.6 Å². The number of amides is 2. The highest BCUT2D eigenvalue weighted by Crippen LogP contribution is 2.27. The third kappa shape index (κ3) is 6.47. The number of carbonyl (C=O) groups is 2. The van der Waals surface area contributed by atoms with Crippen LogP contribution in [-0.4, -0.2) is 23.9 Å². The molecule has 3 rings (SSSR count). The Labute approximate surface area is 157 Å². The third-order valence-corrected chi connectivity index (χ3v) is 5.60. The smallest absolute Gasteiger partial charge is 0.243 e. The van der Waals surface area contributed by atoms with Crippen LogP contribution in [0.2, 0.25) is 0 Å². The van der Waals surface area contributed by atoms with Crippen LogP contribution in [0.3, 0.4) is 0 Å². The molecular weight excluding hydrogens is 324 g/mol. The van der Waals surface area contributed by atoms with Gasteiger partial charge in [0, 0.05) is 18.9 Å². The molecule has 2 amide bonds. The van der Waals surface area contributed by atoms with Gasteiger partial charge in [-0.1, -0.05) is 62.4 Å². The van der Waals surface area contributed by atoms with Gasteiger partial charge in [-0.05, 0) is 37.2 Å². The highest BCUT2D eigenvalue weighted by Gasteiger charge is 2.28. The number of hydrogen-bond acceptors (Lipinski definition) is 2. The van der Waals surface area contributed by atoms with E-state index in [1.54, 1.807) is 0 Å². The van der Waals surface area contributed by atoms with E-state index in [9.17, 15) is 9.59 Å². The summed E-state index contributed by atoms with van der Waals surface area (Å²) in [5.74, 6) is 0.763. The summed E-state index contributed by atoms with van der Waals surface area (Å²) >= 11 is 0. The molecule has 1 unspecified atom stereocenters. The minimum absolute atomic E-state index is 0.00712. The van der Waals surface area contributed by atoms with Crippen molar-refractivity contribution in [2.75, 3.05) is 0 Å². The maximum absolute atomic E-state index is 12.5. The summed E-state index contributed by atoms with van der Waals surface area (Å²) in [6.07, 6.45) is 12.0. The average Bonchev–Trinajstić information content (AvgIpc) is 3.47. The molecule has 0 aromatic heterocycles. The van der Waals surface area contributed by atoms with Gasteiger partial charge in [0.2, 0.25) is 11.8 Å². The molecule has 2 fully saturated rings. The van der Waals surface area contributed by atoms with Gasteiger partial charge < -0.3 is 10.6 Å². The lowest BCUT2D eigenvalue weighted by Crippen LogP contribution is -2.48. The fourth-order valence-corrected chi connectivity index (χ4v) is 3.88. The first-order valence-electron chi connectivity index (χ1n) is 10.3. The molecule has 0 bridgehead atoms. The van der Waals surface area contributed by atoms with Gasteiger partial charge in [0.15, 0.2) is 0 Å². The van der Waals surface area contributed by atoms with E-state index in [4.69, 9.17) is 0 Å². The summed E-state index contributed by atoms with van der Waals surface area (Å²) in [7, 11) is 0. The van der Waals surface area contributed by atoms with Gasteiger partial charge in [0.05, 0.1) is 0 Å². The molecule has 4 heteroatoms. The third-order valence-electron chi connectivity index (χ3n) is 5.60. The van der Waals surface area contributed by atoms with E-state index in [2.05, 4.69) is 10.6 Å². The van der Waals surface area contributed by atoms with E-state index >= 15 is 0 Å². The molecule has 1 aromatic carbocycles. The zero-order chi connectivity index (χ0) is 18.2. The summed E-state index contributed by atoms with van der Waals surface area (Å²) in [6.45, 7) is 0. The summed E-state index contributed by atoms with van der Waals surface area (Å²) in [4.78, 5) is 24.9. The maximum atomic E-state index is 12.5. The second-order valence-electron chi connectivity index (χ2n) is 7.99. The molecule has 1 aromatic rings. The number of carbonyl (C=O) groups excluding carboxylic acids is 2. The molecule has 142 valence electrons. The van der Waals surface area contributed by atoms with Crippen molar-refractivity contribution in [3.63, 3.8) is 0 Å². The van der Waals surface area contributed by atoms with E-state index in [0.717, 1.165) is 37.2 Å². The Morgan fingerprint density at radius 2 is 1.73 bits per heavy atom. The van der Waals surface area contributed by atoms with Gasteiger partial charge in [-0.25, -0.2) is 0 Å². The predicted octanol–water partition coefficient (Wildman–Crippen LogP) is 3.74. The Bertz CT molecular complexity index is 577. The molecule has 2 N–H and O–H groups in total. The topological polar surface area (TPSA) is 58.2 Å². The lowest BCUT2D eigenvalue weighted by Gasteiger charge is -2.22. The lowest BCUT2D eigenvalue weighted by atomic mass is 9.86. The molecular formula is C22H32N2O2. The monoisotopic (exact) mass is 356 g/mol. The Hall–Kier alpha value is -1.84. The van der Waals surface area contributed by atoms with Gasteiger partial charge in [-0.15, -0.1) is 0 Å². The molecule has 2 aliphatic rings. The van der Waals surface area contributed by atoms with Gasteiger partial charge in [-0.2, -0.15) is 0 Å². The van der Waals surface area contributed by atoms with E-state index in [-0.39, 0.29) is 11.8 Å². The highest BCUT2D eigenvalue weighted by molar-refractivity contribution is 5.88. The zero-order valence-electron chi connectivity index (χ0n) is 15.7. The maximum Gasteiger partial charge on any atom is 0.243 e. The van der Waals surface area contributed by atoms with Gasteiger partial charge in [0.1, 0.15) is 6.04 Å². The van der Waals surface area contributed by atoms with Gasteiger partial charge in [-0.3, -0.25) is 9.59 Å². The van der Waals surface area contributed by atoms with E-state index in [1.807, 2.05) is 30.3 Å². The van der Waals surface area contributed by atoms with Crippen LogP contribution in [0.4, 0.5) is 0 Å². The van der Waals surface area contributed by atoms with Crippen LogP contribution in [0.25, 0.3) is 0 Å². The number of rotatable bonds is 9. The first-order valence-corrected chi connectivity index (χ1v) is 10.3. The van der Waals surface area contributed by atoms with Crippen LogP contribution in [0.15, 0.2) is 30.3 Å². The average molecular weight is 357 g/mol. The second-order valence-corrected chi connectivity index (χ2v) is 7.99. The Balaban J connectivity index is 1.46. The Morgan fingerprint density at radius 1 is 1.00 bits per heavy atom. The highest BCUT2D eigenvalue weighted by atomic mass is 16.2. The number of benzene rings is 1. The summed E-state index contributed by atoms with van der Waals surface area (Å²) < 4.78 is 0. The molecule has 0 saturated heterocycles. The predicted molar refractivity (Wildman–Crippen MR) is 104 cm³/mol. The van der Waals surface area contributed by atoms with Crippen LogP contribution in [0.1, 0.15) is 69.8 Å². The van der Waals surface area contributed by atoms with Crippen LogP contribution in [0, 0.1) is 5.92 Å². The van der Waals surface area contributed by atoms with Crippen LogP contribution in [-0.2, 0) is 16.0 Å². The number of hydrogen-bond donors (Lipinski definition) is 2. The second kappa shape index (κ2) is 9.75. The molecule has 2 saturated carbocycles. The minimum Gasteiger partial charge on any atom is -0.352 e. The summed E-state index contributed by atoms with van der Waals surface area (Å²) in [5, 5.41) is 6.02. The van der Waals surface area contributed by atoms with Crippen molar-refractivity contribution < 1.29 is 9.59 Å². The van der Waals surface area contributed by atoms with Crippen LogP contribution in [0.5, 0.6) is 0 Å². The van der Waals surface area contributed by atoms with Gasteiger partial charge >= 0.3 is 0 Å². The SMILES string of the molecule is O=C(CCCC1CCCCC1)NC(Cc1ccccc1)C(=O)NC1CC1. The molecule has 1 atom stereocenters. The molecule has 0 radical (unpaired) electrons. The summed E-state index contributed by atoms with van der Waals surface area (Å²) in [6, 6.07) is 9.75. The fraction of sp³-hybridized carbons (Fsp3) is 0.636. The molecule has 0 heterocycles. The van der Waals surface area contributed by atoms with Crippen molar-refractivity contribution in [3.05, 3.63) is 35.9 Å². The molecule has 0 aliphatic heterocycles. The van der Waals surface area contributed by atoms with Crippen molar-refractivity contribution in [2.24, 2.45) is 5.92 Å². The van der Waals surface area contributed by atoms with Crippen molar-refractivity contribution in [3.8, 4) is 0 Å². The Kier molecular flexibility index (Phi) is 7.10. The van der Waals surface area contributed by atoms with E-state index in [1.165, 1.54) is 32.1 Å². The normalized spacial score (nSPS) is 18.9. The lowest BCUT2D eigenvalue weighted by molar-refractivity contribution is -0.129. The largest absolute Gasteiger partial charge is 0.352 e.